The number of aliphatic hydroxyl groups is 1. The molecule has 2 N–H and O–H groups in total. The second-order valence-corrected chi connectivity index (χ2v) is 6.15. The maximum Gasteiger partial charge on any atom is 0.253 e. The van der Waals surface area contributed by atoms with E-state index in [-0.39, 0.29) is 11.9 Å². The number of nitrogens with one attached hydrogen (secondary N) is 1. The minimum Gasteiger partial charge on any atom is -0.390 e. The van der Waals surface area contributed by atoms with Crippen LogP contribution in [0, 0.1) is 6.92 Å². The van der Waals surface area contributed by atoms with Gasteiger partial charge in [0.25, 0.3) is 5.91 Å². The third-order valence-electron chi connectivity index (χ3n) is 3.93. The first-order valence-electron chi connectivity index (χ1n) is 6.90. The summed E-state index contributed by atoms with van der Waals surface area (Å²) in [5, 5.41) is 13.2. The molecule has 3 rings (SSSR count). The second-order valence-electron chi connectivity index (χ2n) is 5.36. The molecule has 1 aliphatic carbocycles. The summed E-state index contributed by atoms with van der Waals surface area (Å²) in [6.07, 6.45) is 0.00534. The minimum absolute atomic E-state index is 0.175. The zero-order valence-corrected chi connectivity index (χ0v) is 13.2. The van der Waals surface area contributed by atoms with Crippen LogP contribution >= 0.6 is 15.9 Å². The molecule has 0 radical (unpaired) electrons. The minimum atomic E-state index is -0.574. The Morgan fingerprint density at radius 3 is 2.81 bits per heavy atom. The van der Waals surface area contributed by atoms with E-state index in [1.165, 1.54) is 0 Å². The zero-order chi connectivity index (χ0) is 15.0. The lowest BCUT2D eigenvalue weighted by Gasteiger charge is -2.18. The normalized spacial score (nSPS) is 20.1. The number of hydrogen-bond acceptors (Lipinski definition) is 2. The summed E-state index contributed by atoms with van der Waals surface area (Å²) in [5.74, 6) is -0.175. The van der Waals surface area contributed by atoms with Gasteiger partial charge in [0.05, 0.1) is 17.7 Å². The Balaban J connectivity index is 1.87. The summed E-state index contributed by atoms with van der Waals surface area (Å²) < 4.78 is 0.795. The highest BCUT2D eigenvalue weighted by Crippen LogP contribution is 2.32. The Morgan fingerprint density at radius 2 is 2.00 bits per heavy atom. The molecule has 0 aliphatic heterocycles. The van der Waals surface area contributed by atoms with Crippen molar-refractivity contribution in [2.45, 2.75) is 25.5 Å². The van der Waals surface area contributed by atoms with Gasteiger partial charge in [-0.2, -0.15) is 0 Å². The number of hydrogen-bond donors (Lipinski definition) is 2. The summed E-state index contributed by atoms with van der Waals surface area (Å²) in [7, 11) is 0. The summed E-state index contributed by atoms with van der Waals surface area (Å²) in [5.41, 5.74) is 3.70. The highest BCUT2D eigenvalue weighted by Gasteiger charge is 2.32. The number of fused-ring (bicyclic) bond motifs is 1. The van der Waals surface area contributed by atoms with Crippen LogP contribution in [0.5, 0.6) is 0 Å². The molecular weight excluding hydrogens is 330 g/mol. The Morgan fingerprint density at radius 1 is 1.24 bits per heavy atom. The van der Waals surface area contributed by atoms with Gasteiger partial charge in [0.15, 0.2) is 0 Å². The number of aliphatic hydroxyl groups excluding tert-OH is 1. The summed E-state index contributed by atoms with van der Waals surface area (Å²) in [4.78, 5) is 12.5. The summed E-state index contributed by atoms with van der Waals surface area (Å²) in [6, 6.07) is 13.1. The number of carbonyl (C=O) groups excluding carboxylic acids is 1. The van der Waals surface area contributed by atoms with Gasteiger partial charge < -0.3 is 10.4 Å². The molecule has 0 unspecified atom stereocenters. The van der Waals surface area contributed by atoms with Crippen LogP contribution in [0.1, 0.15) is 33.1 Å². The predicted molar refractivity (Wildman–Crippen MR) is 85.2 cm³/mol. The molecule has 0 spiro atoms. The van der Waals surface area contributed by atoms with Crippen molar-refractivity contribution < 1.29 is 9.90 Å². The van der Waals surface area contributed by atoms with Crippen LogP contribution in [0.25, 0.3) is 0 Å². The van der Waals surface area contributed by atoms with Crippen LogP contribution in [0.2, 0.25) is 0 Å². The Bertz CT molecular complexity index is 699. The Kier molecular flexibility index (Phi) is 3.83. The van der Waals surface area contributed by atoms with Gasteiger partial charge in [0, 0.05) is 10.9 Å². The van der Waals surface area contributed by atoms with Crippen molar-refractivity contribution >= 4 is 21.8 Å². The number of benzene rings is 2. The monoisotopic (exact) mass is 345 g/mol. The van der Waals surface area contributed by atoms with E-state index in [9.17, 15) is 9.90 Å². The van der Waals surface area contributed by atoms with Gasteiger partial charge >= 0.3 is 0 Å². The molecular formula is C17H16BrNO2. The first-order chi connectivity index (χ1) is 10.1. The number of carbonyl (C=O) groups is 1. The van der Waals surface area contributed by atoms with Crippen LogP contribution in [0.4, 0.5) is 0 Å². The third kappa shape index (κ3) is 2.61. The van der Waals surface area contributed by atoms with Crippen LogP contribution in [0.3, 0.4) is 0 Å². The van der Waals surface area contributed by atoms with E-state index >= 15 is 0 Å². The van der Waals surface area contributed by atoms with Crippen molar-refractivity contribution in [2.24, 2.45) is 0 Å². The molecule has 108 valence electrons. The Labute approximate surface area is 132 Å². The number of aryl methyl sites for hydroxylation is 1. The van der Waals surface area contributed by atoms with Crippen molar-refractivity contribution in [2.75, 3.05) is 0 Å². The third-order valence-corrected chi connectivity index (χ3v) is 4.98. The molecule has 0 saturated heterocycles. The van der Waals surface area contributed by atoms with E-state index in [1.54, 1.807) is 6.07 Å². The highest BCUT2D eigenvalue weighted by molar-refractivity contribution is 9.10. The molecule has 0 aromatic heterocycles. The molecule has 1 amide bonds. The van der Waals surface area contributed by atoms with E-state index in [4.69, 9.17) is 0 Å². The van der Waals surface area contributed by atoms with E-state index < -0.39 is 6.10 Å². The molecule has 0 fully saturated rings. The standard InChI is InChI=1S/C17H16BrNO2/c1-10-5-4-8-13(15(10)18)17(21)19-16-12-7-3-2-6-11(12)9-14(16)20/h2-8,14,16,20H,9H2,1H3,(H,19,21)/t14-,16+/m1/s1. The van der Waals surface area contributed by atoms with E-state index in [2.05, 4.69) is 21.2 Å². The fourth-order valence-corrected chi connectivity index (χ4v) is 3.23. The fraction of sp³-hybridized carbons (Fsp3) is 0.235. The van der Waals surface area contributed by atoms with Crippen LogP contribution in [-0.2, 0) is 6.42 Å². The zero-order valence-electron chi connectivity index (χ0n) is 11.6. The van der Waals surface area contributed by atoms with Crippen molar-refractivity contribution in [3.8, 4) is 0 Å². The van der Waals surface area contributed by atoms with Gasteiger partial charge in [-0.1, -0.05) is 36.4 Å². The lowest BCUT2D eigenvalue weighted by molar-refractivity contribution is 0.0857. The topological polar surface area (TPSA) is 49.3 Å². The smallest absolute Gasteiger partial charge is 0.253 e. The van der Waals surface area contributed by atoms with Crippen molar-refractivity contribution in [1.82, 2.24) is 5.32 Å². The van der Waals surface area contributed by atoms with E-state index in [1.807, 2.05) is 43.3 Å². The predicted octanol–water partition coefficient (Wildman–Crippen LogP) is 3.15. The van der Waals surface area contributed by atoms with Crippen LogP contribution in [-0.4, -0.2) is 17.1 Å². The largest absolute Gasteiger partial charge is 0.390 e. The van der Waals surface area contributed by atoms with Crippen LogP contribution in [0.15, 0.2) is 46.9 Å². The molecule has 2 aromatic carbocycles. The molecule has 21 heavy (non-hydrogen) atoms. The Hall–Kier alpha value is -1.65. The second kappa shape index (κ2) is 5.62. The molecule has 2 atom stereocenters. The number of halogens is 1. The van der Waals surface area contributed by atoms with Crippen molar-refractivity contribution in [3.63, 3.8) is 0 Å². The number of amides is 1. The molecule has 3 nitrogen and oxygen atoms in total. The van der Waals surface area contributed by atoms with E-state index in [0.717, 1.165) is 21.2 Å². The van der Waals surface area contributed by atoms with E-state index in [0.29, 0.717) is 12.0 Å². The molecule has 2 aromatic rings. The first kappa shape index (κ1) is 14.3. The maximum atomic E-state index is 12.5. The quantitative estimate of drug-likeness (QED) is 0.878. The van der Waals surface area contributed by atoms with Crippen molar-refractivity contribution in [1.29, 1.82) is 0 Å². The average Bonchev–Trinajstić information content (AvgIpc) is 2.78. The highest BCUT2D eigenvalue weighted by atomic mass is 79.9. The lowest BCUT2D eigenvalue weighted by atomic mass is 10.1. The van der Waals surface area contributed by atoms with Gasteiger partial charge in [-0.05, 0) is 45.6 Å². The maximum absolute atomic E-state index is 12.5. The SMILES string of the molecule is Cc1cccc(C(=O)N[C@H]2c3ccccc3C[C@H]2O)c1Br. The van der Waals surface area contributed by atoms with Gasteiger partial charge in [-0.3, -0.25) is 4.79 Å². The van der Waals surface area contributed by atoms with Gasteiger partial charge in [0.1, 0.15) is 0 Å². The fourth-order valence-electron chi connectivity index (χ4n) is 2.79. The molecule has 1 aliphatic rings. The van der Waals surface area contributed by atoms with Gasteiger partial charge in [0.2, 0.25) is 0 Å². The van der Waals surface area contributed by atoms with Crippen molar-refractivity contribution in [3.05, 3.63) is 69.2 Å². The van der Waals surface area contributed by atoms with Crippen LogP contribution < -0.4 is 5.32 Å². The van der Waals surface area contributed by atoms with Gasteiger partial charge in [-0.25, -0.2) is 0 Å². The molecule has 0 saturated carbocycles. The molecule has 0 bridgehead atoms. The summed E-state index contributed by atoms with van der Waals surface area (Å²) in [6.45, 7) is 1.95. The number of rotatable bonds is 2. The summed E-state index contributed by atoms with van der Waals surface area (Å²) >= 11 is 3.45. The molecule has 0 heterocycles. The first-order valence-corrected chi connectivity index (χ1v) is 7.69. The van der Waals surface area contributed by atoms with Gasteiger partial charge in [-0.15, -0.1) is 0 Å². The lowest BCUT2D eigenvalue weighted by Crippen LogP contribution is -2.34. The average molecular weight is 346 g/mol. The molecule has 4 heteroatoms.